The Morgan fingerprint density at radius 1 is 1.29 bits per heavy atom. The number of aromatic nitrogens is 2. The van der Waals surface area contributed by atoms with Crippen molar-refractivity contribution in [1.82, 2.24) is 14.9 Å². The Hall–Kier alpha value is -1.89. The van der Waals surface area contributed by atoms with E-state index in [1.54, 1.807) is 11.2 Å². The van der Waals surface area contributed by atoms with Crippen LogP contribution in [0.2, 0.25) is 0 Å². The predicted molar refractivity (Wildman–Crippen MR) is 93.2 cm³/mol. The van der Waals surface area contributed by atoms with E-state index in [1.807, 2.05) is 18.0 Å². The lowest BCUT2D eigenvalue weighted by atomic mass is 10.3. The average Bonchev–Trinajstić information content (AvgIpc) is 3.11. The molecular weight excluding hydrogens is 306 g/mol. The van der Waals surface area contributed by atoms with Crippen LogP contribution in [0.4, 0.5) is 11.6 Å². The molecule has 0 aromatic carbocycles. The fourth-order valence-corrected chi connectivity index (χ4v) is 3.16. The van der Waals surface area contributed by atoms with Gasteiger partial charge in [-0.25, -0.2) is 9.97 Å². The van der Waals surface area contributed by atoms with Gasteiger partial charge in [-0.05, 0) is 19.3 Å². The molecule has 1 aromatic rings. The highest BCUT2D eigenvalue weighted by atomic mass is 16.5. The Labute approximate surface area is 143 Å². The summed E-state index contributed by atoms with van der Waals surface area (Å²) in [6, 6.07) is 1.91. The lowest BCUT2D eigenvalue weighted by molar-refractivity contribution is -0.129. The Bertz CT molecular complexity index is 548. The van der Waals surface area contributed by atoms with Crippen molar-refractivity contribution >= 4 is 17.5 Å². The van der Waals surface area contributed by atoms with E-state index in [0.717, 1.165) is 44.3 Å². The molecule has 1 aliphatic carbocycles. The zero-order valence-corrected chi connectivity index (χ0v) is 14.4. The SMILES string of the molecule is CN1CCN(c2cc(NCCCOC3CCCC3)ncn2)CC1=O. The van der Waals surface area contributed by atoms with Crippen molar-refractivity contribution in [3.63, 3.8) is 0 Å². The van der Waals surface area contributed by atoms with Crippen molar-refractivity contribution in [2.24, 2.45) is 0 Å². The van der Waals surface area contributed by atoms with Crippen LogP contribution in [-0.2, 0) is 9.53 Å². The quantitative estimate of drug-likeness (QED) is 0.763. The van der Waals surface area contributed by atoms with E-state index >= 15 is 0 Å². The van der Waals surface area contributed by atoms with Crippen LogP contribution in [0.25, 0.3) is 0 Å². The minimum absolute atomic E-state index is 0.124. The third-order valence-electron chi connectivity index (χ3n) is 4.72. The Morgan fingerprint density at radius 2 is 2.12 bits per heavy atom. The molecule has 7 nitrogen and oxygen atoms in total. The number of anilines is 2. The first kappa shape index (κ1) is 17.0. The van der Waals surface area contributed by atoms with E-state index in [-0.39, 0.29) is 5.91 Å². The van der Waals surface area contributed by atoms with Crippen molar-refractivity contribution in [3.05, 3.63) is 12.4 Å². The highest BCUT2D eigenvalue weighted by Crippen LogP contribution is 2.21. The number of amides is 1. The highest BCUT2D eigenvalue weighted by Gasteiger charge is 2.22. The van der Waals surface area contributed by atoms with Gasteiger partial charge < -0.3 is 19.9 Å². The van der Waals surface area contributed by atoms with Gasteiger partial charge in [0.2, 0.25) is 5.91 Å². The number of nitrogens with one attached hydrogen (secondary N) is 1. The summed E-state index contributed by atoms with van der Waals surface area (Å²) in [4.78, 5) is 24.1. The van der Waals surface area contributed by atoms with Crippen LogP contribution in [-0.4, -0.2) is 66.7 Å². The van der Waals surface area contributed by atoms with Crippen LogP contribution in [0.15, 0.2) is 12.4 Å². The Balaban J connectivity index is 1.42. The Morgan fingerprint density at radius 3 is 2.92 bits per heavy atom. The maximum atomic E-state index is 11.8. The smallest absolute Gasteiger partial charge is 0.241 e. The zero-order valence-electron chi connectivity index (χ0n) is 14.4. The number of nitrogens with zero attached hydrogens (tertiary/aromatic N) is 4. The maximum Gasteiger partial charge on any atom is 0.241 e. The fraction of sp³-hybridized carbons (Fsp3) is 0.706. The van der Waals surface area contributed by atoms with Gasteiger partial charge in [-0.3, -0.25) is 4.79 Å². The summed E-state index contributed by atoms with van der Waals surface area (Å²) in [5, 5.41) is 3.32. The number of carbonyl (C=O) groups is 1. The van der Waals surface area contributed by atoms with Crippen LogP contribution in [0.1, 0.15) is 32.1 Å². The lowest BCUT2D eigenvalue weighted by Gasteiger charge is -2.32. The molecule has 3 rings (SSSR count). The van der Waals surface area contributed by atoms with Gasteiger partial charge in [0.05, 0.1) is 12.6 Å². The van der Waals surface area contributed by atoms with Gasteiger partial charge in [-0.1, -0.05) is 12.8 Å². The second kappa shape index (κ2) is 8.28. The van der Waals surface area contributed by atoms with Crippen LogP contribution in [0, 0.1) is 0 Å². The molecule has 0 spiro atoms. The molecule has 0 radical (unpaired) electrons. The summed E-state index contributed by atoms with van der Waals surface area (Å²) in [5.41, 5.74) is 0. The second-order valence-corrected chi connectivity index (χ2v) is 6.56. The molecule has 7 heteroatoms. The molecule has 2 aliphatic rings. The monoisotopic (exact) mass is 333 g/mol. The van der Waals surface area contributed by atoms with Crippen LogP contribution < -0.4 is 10.2 Å². The van der Waals surface area contributed by atoms with Gasteiger partial charge in [0.15, 0.2) is 0 Å². The first-order valence-corrected chi connectivity index (χ1v) is 8.89. The molecule has 24 heavy (non-hydrogen) atoms. The molecule has 1 N–H and O–H groups in total. The molecule has 0 bridgehead atoms. The molecule has 132 valence electrons. The lowest BCUT2D eigenvalue weighted by Crippen LogP contribution is -2.48. The Kier molecular flexibility index (Phi) is 5.85. The molecule has 0 unspecified atom stereocenters. The first-order chi connectivity index (χ1) is 11.7. The number of rotatable bonds is 7. The summed E-state index contributed by atoms with van der Waals surface area (Å²) < 4.78 is 5.86. The number of ether oxygens (including phenoxy) is 1. The molecule has 2 fully saturated rings. The molecule has 2 heterocycles. The van der Waals surface area contributed by atoms with Crippen molar-refractivity contribution in [2.75, 3.05) is 50.1 Å². The van der Waals surface area contributed by atoms with Gasteiger partial charge in [0.1, 0.15) is 18.0 Å². The fourth-order valence-electron chi connectivity index (χ4n) is 3.16. The summed E-state index contributed by atoms with van der Waals surface area (Å²) in [6.07, 6.45) is 8.03. The number of hydrogen-bond acceptors (Lipinski definition) is 6. The van der Waals surface area contributed by atoms with E-state index in [4.69, 9.17) is 4.74 Å². The van der Waals surface area contributed by atoms with Crippen LogP contribution in [0.5, 0.6) is 0 Å². The van der Waals surface area contributed by atoms with Gasteiger partial charge >= 0.3 is 0 Å². The summed E-state index contributed by atoms with van der Waals surface area (Å²) in [6.45, 7) is 3.52. The van der Waals surface area contributed by atoms with Crippen molar-refractivity contribution < 1.29 is 9.53 Å². The molecule has 1 amide bonds. The number of likely N-dealkylation sites (N-methyl/N-ethyl adjacent to an activating group) is 1. The standard InChI is InChI=1S/C17H27N5O2/c1-21-8-9-22(12-17(21)23)16-11-15(19-13-20-16)18-7-4-10-24-14-5-2-3-6-14/h11,13-14H,2-10,12H2,1H3,(H,18,19,20). The highest BCUT2D eigenvalue weighted by molar-refractivity contribution is 5.82. The third-order valence-corrected chi connectivity index (χ3v) is 4.72. The molecular formula is C17H27N5O2. The number of carbonyl (C=O) groups excluding carboxylic acids is 1. The molecule has 1 aliphatic heterocycles. The second-order valence-electron chi connectivity index (χ2n) is 6.56. The zero-order chi connectivity index (χ0) is 16.8. The summed E-state index contributed by atoms with van der Waals surface area (Å²) in [7, 11) is 1.83. The van der Waals surface area contributed by atoms with E-state index in [1.165, 1.54) is 25.7 Å². The minimum atomic E-state index is 0.124. The van der Waals surface area contributed by atoms with Crippen LogP contribution in [0.3, 0.4) is 0 Å². The summed E-state index contributed by atoms with van der Waals surface area (Å²) >= 11 is 0. The maximum absolute atomic E-state index is 11.8. The van der Waals surface area contributed by atoms with Gasteiger partial charge in [0.25, 0.3) is 0 Å². The van der Waals surface area contributed by atoms with Crippen molar-refractivity contribution in [3.8, 4) is 0 Å². The van der Waals surface area contributed by atoms with Gasteiger partial charge in [-0.2, -0.15) is 0 Å². The summed E-state index contributed by atoms with van der Waals surface area (Å²) in [5.74, 6) is 1.72. The molecule has 1 saturated carbocycles. The van der Waals surface area contributed by atoms with Crippen LogP contribution >= 0.6 is 0 Å². The predicted octanol–water partition coefficient (Wildman–Crippen LogP) is 1.52. The topological polar surface area (TPSA) is 70.6 Å². The van der Waals surface area contributed by atoms with E-state index in [0.29, 0.717) is 12.6 Å². The van der Waals surface area contributed by atoms with Crippen molar-refractivity contribution in [1.29, 1.82) is 0 Å². The third kappa shape index (κ3) is 4.56. The van der Waals surface area contributed by atoms with E-state index in [9.17, 15) is 4.79 Å². The molecule has 0 atom stereocenters. The number of hydrogen-bond donors (Lipinski definition) is 1. The van der Waals surface area contributed by atoms with Gasteiger partial charge in [-0.15, -0.1) is 0 Å². The van der Waals surface area contributed by atoms with E-state index in [2.05, 4.69) is 15.3 Å². The van der Waals surface area contributed by atoms with Crippen molar-refractivity contribution in [2.45, 2.75) is 38.2 Å². The number of piperazine rings is 1. The first-order valence-electron chi connectivity index (χ1n) is 8.89. The minimum Gasteiger partial charge on any atom is -0.378 e. The molecule has 1 aromatic heterocycles. The van der Waals surface area contributed by atoms with E-state index < -0.39 is 0 Å². The molecule has 1 saturated heterocycles. The normalized spacial score (nSPS) is 19.1. The average molecular weight is 333 g/mol. The largest absolute Gasteiger partial charge is 0.378 e. The van der Waals surface area contributed by atoms with Gasteiger partial charge in [0, 0.05) is 39.4 Å².